The first-order chi connectivity index (χ1) is 4.20. The zero-order valence-corrected chi connectivity index (χ0v) is 5.86. The van der Waals surface area contributed by atoms with E-state index in [2.05, 4.69) is 0 Å². The first kappa shape index (κ1) is 6.89. The van der Waals surface area contributed by atoms with Crippen molar-refractivity contribution in [2.24, 2.45) is 5.73 Å². The second kappa shape index (κ2) is 2.58. The molecule has 1 fully saturated rings. The van der Waals surface area contributed by atoms with Gasteiger partial charge in [0.2, 0.25) is 0 Å². The van der Waals surface area contributed by atoms with E-state index in [0.717, 1.165) is 12.2 Å². The van der Waals surface area contributed by atoms with E-state index in [0.29, 0.717) is 5.75 Å². The smallest absolute Gasteiger partial charge is 0.441 e. The summed E-state index contributed by atoms with van der Waals surface area (Å²) in [6.07, 6.45) is 0.884. The van der Waals surface area contributed by atoms with Gasteiger partial charge in [0, 0.05) is 6.42 Å². The van der Waals surface area contributed by atoms with Crippen molar-refractivity contribution in [1.82, 2.24) is 0 Å². The second-order valence-corrected chi connectivity index (χ2v) is 4.25. The van der Waals surface area contributed by atoms with Crippen LogP contribution in [0.25, 0.3) is 0 Å². The van der Waals surface area contributed by atoms with Gasteiger partial charge < -0.3 is 10.8 Å². The van der Waals surface area contributed by atoms with Crippen LogP contribution in [0.1, 0.15) is 6.42 Å². The first-order valence-corrected chi connectivity index (χ1v) is 4.42. The monoisotopic (exact) mass is 148 g/mol. The lowest BCUT2D eigenvalue weighted by Crippen LogP contribution is -2.23. The fraction of sp³-hybridized carbons (Fsp3) is 0.800. The minimum atomic E-state index is -0.664. The standard InChI is InChI=1S/C5H9NO2S/c6-4-1-2-9(3-4)5(7)8/h4H,1-3,6H2/p+1. The van der Waals surface area contributed by atoms with Gasteiger partial charge in [0.1, 0.15) is 22.4 Å². The lowest BCUT2D eigenvalue weighted by Gasteiger charge is -1.90. The van der Waals surface area contributed by atoms with Crippen molar-refractivity contribution in [1.29, 1.82) is 0 Å². The highest BCUT2D eigenvalue weighted by Gasteiger charge is 2.37. The molecule has 1 heterocycles. The van der Waals surface area contributed by atoms with Crippen molar-refractivity contribution in [3.05, 3.63) is 0 Å². The lowest BCUT2D eigenvalue weighted by molar-refractivity contribution is 0.221. The van der Waals surface area contributed by atoms with E-state index in [1.807, 2.05) is 0 Å². The van der Waals surface area contributed by atoms with Gasteiger partial charge in [-0.15, -0.1) is 0 Å². The molecule has 2 unspecified atom stereocenters. The lowest BCUT2D eigenvalue weighted by atomic mass is 10.3. The van der Waals surface area contributed by atoms with Crippen LogP contribution in [0.15, 0.2) is 0 Å². The third kappa shape index (κ3) is 1.59. The van der Waals surface area contributed by atoms with E-state index in [-0.39, 0.29) is 6.04 Å². The van der Waals surface area contributed by atoms with E-state index in [1.54, 1.807) is 0 Å². The molecule has 0 aliphatic carbocycles. The van der Waals surface area contributed by atoms with Crippen LogP contribution in [0.3, 0.4) is 0 Å². The topological polar surface area (TPSA) is 63.3 Å². The molecular weight excluding hydrogens is 138 g/mol. The van der Waals surface area contributed by atoms with Crippen molar-refractivity contribution in [3.63, 3.8) is 0 Å². The Morgan fingerprint density at radius 3 is 2.67 bits per heavy atom. The Morgan fingerprint density at radius 2 is 2.44 bits per heavy atom. The Hall–Kier alpha value is -0.220. The molecule has 0 aromatic rings. The molecule has 1 aliphatic rings. The maximum Gasteiger partial charge on any atom is 0.523 e. The van der Waals surface area contributed by atoms with E-state index in [1.165, 1.54) is 0 Å². The van der Waals surface area contributed by atoms with Crippen LogP contribution in [-0.4, -0.2) is 28.0 Å². The van der Waals surface area contributed by atoms with Crippen LogP contribution in [0.5, 0.6) is 0 Å². The summed E-state index contributed by atoms with van der Waals surface area (Å²) in [5.74, 6) is 1.48. The third-order valence-corrected chi connectivity index (χ3v) is 3.45. The molecule has 0 bridgehead atoms. The maximum absolute atomic E-state index is 10.3. The number of carboxylic acid groups (broad SMARTS) is 1. The molecule has 52 valence electrons. The zero-order chi connectivity index (χ0) is 6.85. The molecule has 1 saturated heterocycles. The fourth-order valence-electron chi connectivity index (χ4n) is 0.877. The van der Waals surface area contributed by atoms with Gasteiger partial charge in [0.05, 0.1) is 6.04 Å². The Kier molecular flexibility index (Phi) is 1.97. The van der Waals surface area contributed by atoms with Crippen molar-refractivity contribution in [2.75, 3.05) is 11.5 Å². The average molecular weight is 148 g/mol. The van der Waals surface area contributed by atoms with Gasteiger partial charge in [-0.2, -0.15) is 4.79 Å². The van der Waals surface area contributed by atoms with E-state index >= 15 is 0 Å². The quantitative estimate of drug-likeness (QED) is 0.476. The van der Waals surface area contributed by atoms with E-state index in [4.69, 9.17) is 10.8 Å². The molecule has 3 N–H and O–H groups in total. The predicted octanol–water partition coefficient (Wildman–Crippen LogP) is 0.0137. The maximum atomic E-state index is 10.3. The highest BCUT2D eigenvalue weighted by Crippen LogP contribution is 2.12. The first-order valence-electron chi connectivity index (χ1n) is 2.86. The summed E-state index contributed by atoms with van der Waals surface area (Å²) in [5, 5.41) is 7.82. The Bertz CT molecular complexity index is 128. The molecule has 0 aromatic heterocycles. The summed E-state index contributed by atoms with van der Waals surface area (Å²) < 4.78 is 0. The number of hydrogen-bond donors (Lipinski definition) is 2. The van der Waals surface area contributed by atoms with Crippen LogP contribution in [0.2, 0.25) is 0 Å². The number of nitrogens with two attached hydrogens (primary N) is 1. The molecule has 1 aliphatic heterocycles. The Morgan fingerprint density at radius 1 is 1.78 bits per heavy atom. The van der Waals surface area contributed by atoms with Crippen LogP contribution in [-0.2, 0) is 10.9 Å². The summed E-state index contributed by atoms with van der Waals surface area (Å²) >= 11 is 0. The zero-order valence-electron chi connectivity index (χ0n) is 5.04. The van der Waals surface area contributed by atoms with Gasteiger partial charge in [-0.25, -0.2) is 0 Å². The molecule has 4 heteroatoms. The molecule has 0 aromatic carbocycles. The van der Waals surface area contributed by atoms with Crippen LogP contribution >= 0.6 is 0 Å². The van der Waals surface area contributed by atoms with Gasteiger partial charge >= 0.3 is 5.30 Å². The minimum absolute atomic E-state index is 0.143. The van der Waals surface area contributed by atoms with Gasteiger partial charge in [0.15, 0.2) is 0 Å². The molecule has 0 radical (unpaired) electrons. The van der Waals surface area contributed by atoms with Crippen LogP contribution in [0.4, 0.5) is 4.79 Å². The summed E-state index contributed by atoms with van der Waals surface area (Å²) in [4.78, 5) is 10.3. The van der Waals surface area contributed by atoms with Crippen molar-refractivity contribution >= 4 is 16.2 Å². The third-order valence-electron chi connectivity index (χ3n) is 1.40. The summed E-state index contributed by atoms with van der Waals surface area (Å²) in [7, 11) is -0.417. The molecule has 1 rings (SSSR count). The molecule has 9 heavy (non-hydrogen) atoms. The summed E-state index contributed by atoms with van der Waals surface area (Å²) in [6, 6.07) is 0.143. The number of rotatable bonds is 0. The fourth-order valence-corrected chi connectivity index (χ4v) is 2.63. The molecule has 0 spiro atoms. The van der Waals surface area contributed by atoms with Gasteiger partial charge in [-0.3, -0.25) is 0 Å². The van der Waals surface area contributed by atoms with E-state index < -0.39 is 16.2 Å². The Labute approximate surface area is 56.6 Å². The van der Waals surface area contributed by atoms with Gasteiger partial charge in [-0.1, -0.05) is 0 Å². The number of hydrogen-bond acceptors (Lipinski definition) is 2. The van der Waals surface area contributed by atoms with Crippen molar-refractivity contribution in [2.45, 2.75) is 12.5 Å². The Balaban J connectivity index is 2.39. The number of carbonyl (C=O) groups is 1. The molecule has 2 atom stereocenters. The van der Waals surface area contributed by atoms with Crippen molar-refractivity contribution < 1.29 is 9.90 Å². The molecule has 0 amide bonds. The predicted molar refractivity (Wildman–Crippen MR) is 37.7 cm³/mol. The summed E-state index contributed by atoms with van der Waals surface area (Å²) in [5.41, 5.74) is 5.51. The van der Waals surface area contributed by atoms with E-state index in [9.17, 15) is 4.79 Å². The average Bonchev–Trinajstić information content (AvgIpc) is 2.14. The molecule has 0 saturated carbocycles. The molecule has 3 nitrogen and oxygen atoms in total. The van der Waals surface area contributed by atoms with Crippen molar-refractivity contribution in [3.8, 4) is 0 Å². The molecular formula is C5H10NO2S+. The van der Waals surface area contributed by atoms with Gasteiger partial charge in [-0.05, 0) is 0 Å². The highest BCUT2D eigenvalue weighted by atomic mass is 32.2. The highest BCUT2D eigenvalue weighted by molar-refractivity contribution is 8.10. The minimum Gasteiger partial charge on any atom is -0.441 e. The van der Waals surface area contributed by atoms with Gasteiger partial charge in [0.25, 0.3) is 0 Å². The van der Waals surface area contributed by atoms with Crippen LogP contribution < -0.4 is 5.73 Å². The largest absolute Gasteiger partial charge is 0.523 e. The van der Waals surface area contributed by atoms with Crippen LogP contribution in [0, 0.1) is 0 Å². The second-order valence-electron chi connectivity index (χ2n) is 2.18. The SMILES string of the molecule is NC1CC[S+](C(=O)O)C1. The normalized spacial score (nSPS) is 34.8. The summed E-state index contributed by atoms with van der Waals surface area (Å²) in [6.45, 7) is 0.